The number of nitrogens with zero attached hydrogens (tertiary/aromatic N) is 3. The first-order valence-electron chi connectivity index (χ1n) is 8.89. The quantitative estimate of drug-likeness (QED) is 0.679. The van der Waals surface area contributed by atoms with Crippen molar-refractivity contribution in [2.24, 2.45) is 9.98 Å². The molecule has 0 fully saturated rings. The normalized spacial score (nSPS) is 14.2. The molecule has 0 unspecified atom stereocenters. The van der Waals surface area contributed by atoms with E-state index >= 15 is 0 Å². The minimum absolute atomic E-state index is 0.0308. The molecule has 0 radical (unpaired) electrons. The first-order chi connectivity index (χ1) is 13.6. The van der Waals surface area contributed by atoms with Gasteiger partial charge in [-0.1, -0.05) is 36.4 Å². The predicted molar refractivity (Wildman–Crippen MR) is 113 cm³/mol. The molecule has 0 saturated heterocycles. The van der Waals surface area contributed by atoms with E-state index in [1.54, 1.807) is 14.2 Å². The largest absolute Gasteiger partial charge is 0.493 e. The molecule has 0 aromatic heterocycles. The molecule has 6 nitrogen and oxygen atoms in total. The standard InChI is InChI=1S/C21H23N3O3S/c1-15(25)12-22-20-23-21(28-20)24(13-16-7-5-4-6-8-16)14-17-9-10-18(26-2)19(11-17)27-3/h4-11H,12-14H2,1-3H3. The molecule has 0 spiro atoms. The van der Waals surface area contributed by atoms with Crippen LogP contribution in [0.25, 0.3) is 0 Å². The van der Waals surface area contributed by atoms with Gasteiger partial charge in [0.1, 0.15) is 6.54 Å². The number of amidine groups is 2. The summed E-state index contributed by atoms with van der Waals surface area (Å²) in [4.78, 5) is 22.0. The van der Waals surface area contributed by atoms with Crippen molar-refractivity contribution < 1.29 is 14.3 Å². The van der Waals surface area contributed by atoms with Crippen LogP contribution < -0.4 is 9.47 Å². The molecule has 7 heteroatoms. The lowest BCUT2D eigenvalue weighted by molar-refractivity contribution is -0.115. The maximum Gasteiger partial charge on any atom is 0.193 e. The fourth-order valence-corrected chi connectivity index (χ4v) is 3.43. The first-order valence-corrected chi connectivity index (χ1v) is 9.71. The van der Waals surface area contributed by atoms with Crippen LogP contribution in [-0.2, 0) is 17.9 Å². The van der Waals surface area contributed by atoms with Gasteiger partial charge in [-0.15, -0.1) is 0 Å². The smallest absolute Gasteiger partial charge is 0.193 e. The Bertz CT molecular complexity index is 897. The van der Waals surface area contributed by atoms with Crippen molar-refractivity contribution in [3.8, 4) is 11.5 Å². The number of ketones is 1. The first kappa shape index (κ1) is 19.9. The molecule has 0 amide bonds. The fraction of sp³-hybridized carbons (Fsp3) is 0.286. The summed E-state index contributed by atoms with van der Waals surface area (Å²) >= 11 is 1.50. The van der Waals surface area contributed by atoms with Gasteiger partial charge < -0.3 is 14.4 Å². The molecule has 0 atom stereocenters. The highest BCUT2D eigenvalue weighted by molar-refractivity contribution is 8.28. The molecule has 2 aromatic rings. The van der Waals surface area contributed by atoms with Crippen molar-refractivity contribution in [2.45, 2.75) is 20.0 Å². The van der Waals surface area contributed by atoms with E-state index in [0.29, 0.717) is 23.2 Å². The minimum Gasteiger partial charge on any atom is -0.493 e. The summed E-state index contributed by atoms with van der Waals surface area (Å²) in [7, 11) is 3.26. The third kappa shape index (κ3) is 5.13. The van der Waals surface area contributed by atoms with Gasteiger partial charge in [0.05, 0.1) is 14.2 Å². The molecule has 1 aliphatic rings. The average Bonchev–Trinajstić information content (AvgIpc) is 2.67. The van der Waals surface area contributed by atoms with Crippen LogP contribution in [0.15, 0.2) is 58.5 Å². The number of benzene rings is 2. The summed E-state index contributed by atoms with van der Waals surface area (Å²) in [6.07, 6.45) is 0. The van der Waals surface area contributed by atoms with Gasteiger partial charge in [-0.25, -0.2) is 0 Å². The maximum atomic E-state index is 11.1. The van der Waals surface area contributed by atoms with E-state index in [4.69, 9.17) is 9.47 Å². The van der Waals surface area contributed by atoms with Crippen LogP contribution in [0.3, 0.4) is 0 Å². The zero-order valence-electron chi connectivity index (χ0n) is 16.2. The minimum atomic E-state index is 0.0308. The number of carbonyl (C=O) groups is 1. The Labute approximate surface area is 169 Å². The van der Waals surface area contributed by atoms with Gasteiger partial charge in [0.2, 0.25) is 0 Å². The van der Waals surface area contributed by atoms with Crippen molar-refractivity contribution in [3.05, 3.63) is 59.7 Å². The fourth-order valence-electron chi connectivity index (χ4n) is 2.75. The molecule has 0 aliphatic carbocycles. The van der Waals surface area contributed by atoms with Gasteiger partial charge in [-0.05, 0) is 41.9 Å². The molecular formula is C21H23N3O3S. The monoisotopic (exact) mass is 397 g/mol. The third-order valence-electron chi connectivity index (χ3n) is 4.12. The SMILES string of the molecule is COc1ccc(CN(Cc2ccccc2)C2=NC(=NCC(C)=O)S2)cc1OC. The third-order valence-corrected chi connectivity index (χ3v) is 5.05. The van der Waals surface area contributed by atoms with Crippen molar-refractivity contribution in [3.63, 3.8) is 0 Å². The van der Waals surface area contributed by atoms with E-state index in [2.05, 4.69) is 27.0 Å². The predicted octanol–water partition coefficient (Wildman–Crippen LogP) is 3.75. The van der Waals surface area contributed by atoms with Crippen molar-refractivity contribution >= 4 is 27.9 Å². The molecule has 146 valence electrons. The summed E-state index contributed by atoms with van der Waals surface area (Å²) in [5, 5.41) is 1.54. The highest BCUT2D eigenvalue weighted by Crippen LogP contribution is 2.30. The van der Waals surface area contributed by atoms with Crippen LogP contribution in [0.2, 0.25) is 0 Å². The number of carbonyl (C=O) groups excluding carboxylic acids is 1. The summed E-state index contributed by atoms with van der Waals surface area (Å²) in [5.41, 5.74) is 2.28. The van der Waals surface area contributed by atoms with Crippen LogP contribution >= 0.6 is 11.8 Å². The summed E-state index contributed by atoms with van der Waals surface area (Å²) < 4.78 is 10.7. The topological polar surface area (TPSA) is 63.5 Å². The molecule has 3 rings (SSSR count). The number of rotatable bonds is 8. The molecule has 0 N–H and O–H groups in total. The lowest BCUT2D eigenvalue weighted by Crippen LogP contribution is -2.33. The van der Waals surface area contributed by atoms with Crippen LogP contribution in [0.1, 0.15) is 18.1 Å². The Balaban J connectivity index is 1.80. The van der Waals surface area contributed by atoms with Crippen LogP contribution in [0.4, 0.5) is 0 Å². The van der Waals surface area contributed by atoms with Gasteiger partial charge in [0.15, 0.2) is 27.6 Å². The number of hydrogen-bond acceptors (Lipinski definition) is 6. The van der Waals surface area contributed by atoms with Crippen LogP contribution in [-0.4, -0.2) is 41.8 Å². The lowest BCUT2D eigenvalue weighted by atomic mass is 10.1. The van der Waals surface area contributed by atoms with Gasteiger partial charge >= 0.3 is 0 Å². The average molecular weight is 398 g/mol. The summed E-state index contributed by atoms with van der Waals surface area (Å²) in [5.74, 6) is 1.43. The second-order valence-electron chi connectivity index (χ2n) is 6.33. The highest BCUT2D eigenvalue weighted by Gasteiger charge is 2.24. The number of aliphatic imine (C=N–C) groups is 2. The van der Waals surface area contributed by atoms with E-state index in [0.717, 1.165) is 17.3 Å². The Morgan fingerprint density at radius 2 is 1.71 bits per heavy atom. The Kier molecular flexibility index (Phi) is 6.71. The van der Waals surface area contributed by atoms with Gasteiger partial charge in [-0.3, -0.25) is 9.79 Å². The van der Waals surface area contributed by atoms with E-state index in [-0.39, 0.29) is 12.3 Å². The number of Topliss-reactive ketones (excluding diaryl/α,β-unsaturated/α-hetero) is 1. The highest BCUT2D eigenvalue weighted by atomic mass is 32.2. The zero-order chi connectivity index (χ0) is 19.9. The van der Waals surface area contributed by atoms with Crippen molar-refractivity contribution in [1.82, 2.24) is 4.90 Å². The summed E-state index contributed by atoms with van der Waals surface area (Å²) in [6, 6.07) is 16.2. The molecule has 1 aliphatic heterocycles. The number of ether oxygens (including phenoxy) is 2. The zero-order valence-corrected chi connectivity index (χ0v) is 17.0. The van der Waals surface area contributed by atoms with E-state index in [1.165, 1.54) is 24.2 Å². The number of methoxy groups -OCH3 is 2. The van der Waals surface area contributed by atoms with E-state index < -0.39 is 0 Å². The Hall–Kier alpha value is -2.80. The van der Waals surface area contributed by atoms with E-state index in [9.17, 15) is 4.79 Å². The Morgan fingerprint density at radius 3 is 2.36 bits per heavy atom. The van der Waals surface area contributed by atoms with Crippen LogP contribution in [0.5, 0.6) is 11.5 Å². The molecular weight excluding hydrogens is 374 g/mol. The lowest BCUT2D eigenvalue weighted by Gasteiger charge is -2.29. The molecule has 0 bridgehead atoms. The Morgan fingerprint density at radius 1 is 1.04 bits per heavy atom. The number of hydrogen-bond donors (Lipinski definition) is 0. The van der Waals surface area contributed by atoms with Gasteiger partial charge in [-0.2, -0.15) is 4.99 Å². The van der Waals surface area contributed by atoms with Gasteiger partial charge in [0, 0.05) is 13.1 Å². The van der Waals surface area contributed by atoms with Crippen LogP contribution in [0, 0.1) is 0 Å². The molecule has 2 aromatic carbocycles. The summed E-state index contributed by atoms with van der Waals surface area (Å²) in [6.45, 7) is 3.09. The maximum absolute atomic E-state index is 11.1. The van der Waals surface area contributed by atoms with Crippen molar-refractivity contribution in [2.75, 3.05) is 20.8 Å². The second kappa shape index (κ2) is 9.41. The number of thioether (sulfide) groups is 1. The molecule has 1 heterocycles. The molecule has 28 heavy (non-hydrogen) atoms. The van der Waals surface area contributed by atoms with E-state index in [1.807, 2.05) is 36.4 Å². The van der Waals surface area contributed by atoms with Gasteiger partial charge in [0.25, 0.3) is 0 Å². The molecule has 0 saturated carbocycles. The second-order valence-corrected chi connectivity index (χ2v) is 7.26. The van der Waals surface area contributed by atoms with Crippen molar-refractivity contribution in [1.29, 1.82) is 0 Å².